The Bertz CT molecular complexity index is 2470. The van der Waals surface area contributed by atoms with Gasteiger partial charge in [-0.3, -0.25) is 0 Å². The van der Waals surface area contributed by atoms with Crippen molar-refractivity contribution in [2.45, 2.75) is 0 Å². The Morgan fingerprint density at radius 2 is 0.951 bits per heavy atom. The molecule has 0 atom stereocenters. The van der Waals surface area contributed by atoms with E-state index in [0.29, 0.717) is 0 Å². The van der Waals surface area contributed by atoms with Crippen LogP contribution in [0.1, 0.15) is 0 Å². The molecule has 0 aliphatic rings. The second kappa shape index (κ2) is 8.48. The Morgan fingerprint density at radius 1 is 0.366 bits per heavy atom. The Balaban J connectivity index is 1.46. The van der Waals surface area contributed by atoms with Crippen LogP contribution in [-0.4, -0.2) is 9.97 Å². The second-order valence-corrected chi connectivity index (χ2v) is 10.5. The lowest BCUT2D eigenvalue weighted by atomic mass is 9.94. The minimum atomic E-state index is 0.877. The van der Waals surface area contributed by atoms with Crippen LogP contribution in [-0.2, 0) is 0 Å². The summed E-state index contributed by atoms with van der Waals surface area (Å²) in [4.78, 5) is 10.9. The minimum absolute atomic E-state index is 0.877. The number of benzene rings is 7. The SMILES string of the molecule is c1ccc(-c2nc3c4ccccc4c4ccccc4c3nc2-c2cccc3c2ccc2oc4ccccc4c23)cc1. The maximum Gasteiger partial charge on any atom is 0.136 e. The highest BCUT2D eigenvalue weighted by Gasteiger charge is 2.20. The third-order valence-electron chi connectivity index (χ3n) is 8.25. The average molecular weight is 523 g/mol. The van der Waals surface area contributed by atoms with Gasteiger partial charge in [-0.05, 0) is 39.7 Å². The molecule has 0 saturated heterocycles. The van der Waals surface area contributed by atoms with Crippen molar-refractivity contribution in [1.82, 2.24) is 9.97 Å². The molecule has 3 heteroatoms. The summed E-state index contributed by atoms with van der Waals surface area (Å²) in [7, 11) is 0. The zero-order chi connectivity index (χ0) is 26.9. The largest absolute Gasteiger partial charge is 0.456 e. The summed E-state index contributed by atoms with van der Waals surface area (Å²) < 4.78 is 6.22. The van der Waals surface area contributed by atoms with Gasteiger partial charge in [0.2, 0.25) is 0 Å². The van der Waals surface area contributed by atoms with E-state index in [4.69, 9.17) is 14.4 Å². The number of hydrogen-bond donors (Lipinski definition) is 0. The van der Waals surface area contributed by atoms with Crippen molar-refractivity contribution < 1.29 is 4.42 Å². The van der Waals surface area contributed by atoms with Gasteiger partial charge in [-0.1, -0.05) is 115 Å². The maximum absolute atomic E-state index is 6.22. The summed E-state index contributed by atoms with van der Waals surface area (Å²) >= 11 is 0. The van der Waals surface area contributed by atoms with Crippen molar-refractivity contribution in [1.29, 1.82) is 0 Å². The quantitative estimate of drug-likeness (QED) is 0.212. The van der Waals surface area contributed by atoms with E-state index in [-0.39, 0.29) is 0 Å². The summed E-state index contributed by atoms with van der Waals surface area (Å²) in [6.45, 7) is 0. The van der Waals surface area contributed by atoms with E-state index in [1.807, 2.05) is 18.2 Å². The van der Waals surface area contributed by atoms with Gasteiger partial charge in [0, 0.05) is 32.7 Å². The minimum Gasteiger partial charge on any atom is -0.456 e. The first kappa shape index (κ1) is 22.3. The number of fused-ring (bicyclic) bond motifs is 11. The standard InChI is InChI=1S/C38H22N2O/c1-2-11-23(12-3-1)35-36(40-38-29-16-7-5-14-25(29)24-13-4-6-15-28(24)37(38)39-35)30-19-10-18-27-26(30)21-22-33-34(27)31-17-8-9-20-32(31)41-33/h1-22H. The summed E-state index contributed by atoms with van der Waals surface area (Å²) in [5, 5.41) is 9.13. The first-order valence-electron chi connectivity index (χ1n) is 13.9. The molecule has 0 spiro atoms. The van der Waals surface area contributed by atoms with Crippen molar-refractivity contribution in [2.75, 3.05) is 0 Å². The number of rotatable bonds is 2. The van der Waals surface area contributed by atoms with Crippen LogP contribution in [0.3, 0.4) is 0 Å². The number of para-hydroxylation sites is 1. The van der Waals surface area contributed by atoms with E-state index in [9.17, 15) is 0 Å². The Kier molecular flexibility index (Phi) is 4.61. The zero-order valence-corrected chi connectivity index (χ0v) is 22.0. The fourth-order valence-electron chi connectivity index (χ4n) is 6.43. The van der Waals surface area contributed by atoms with Crippen LogP contribution < -0.4 is 0 Å². The molecule has 0 saturated carbocycles. The average Bonchev–Trinajstić information content (AvgIpc) is 3.44. The van der Waals surface area contributed by atoms with Gasteiger partial charge >= 0.3 is 0 Å². The van der Waals surface area contributed by atoms with Gasteiger partial charge in [-0.25, -0.2) is 9.97 Å². The molecule has 0 unspecified atom stereocenters. The summed E-state index contributed by atoms with van der Waals surface area (Å²) in [5.41, 5.74) is 7.48. The first-order valence-corrected chi connectivity index (χ1v) is 13.9. The fraction of sp³-hybridized carbons (Fsp3) is 0. The molecule has 3 nitrogen and oxygen atoms in total. The topological polar surface area (TPSA) is 38.9 Å². The van der Waals surface area contributed by atoms with E-state index >= 15 is 0 Å². The molecule has 0 fully saturated rings. The van der Waals surface area contributed by atoms with E-state index < -0.39 is 0 Å². The lowest BCUT2D eigenvalue weighted by Gasteiger charge is -2.16. The molecule has 9 aromatic rings. The highest BCUT2D eigenvalue weighted by Crippen LogP contribution is 2.42. The van der Waals surface area contributed by atoms with Gasteiger partial charge in [-0.15, -0.1) is 0 Å². The third kappa shape index (κ3) is 3.20. The van der Waals surface area contributed by atoms with Crippen LogP contribution in [0.4, 0.5) is 0 Å². The number of nitrogens with zero attached hydrogens (tertiary/aromatic N) is 2. The molecule has 41 heavy (non-hydrogen) atoms. The third-order valence-corrected chi connectivity index (χ3v) is 8.25. The van der Waals surface area contributed by atoms with Crippen molar-refractivity contribution in [2.24, 2.45) is 0 Å². The van der Waals surface area contributed by atoms with Crippen LogP contribution in [0, 0.1) is 0 Å². The molecule has 0 aliphatic heterocycles. The number of aromatic nitrogens is 2. The summed E-state index contributed by atoms with van der Waals surface area (Å²) in [6, 6.07) is 46.4. The molecule has 2 heterocycles. The van der Waals surface area contributed by atoms with Crippen LogP contribution in [0.2, 0.25) is 0 Å². The number of furan rings is 1. The highest BCUT2D eigenvalue weighted by molar-refractivity contribution is 6.24. The van der Waals surface area contributed by atoms with Crippen LogP contribution in [0.5, 0.6) is 0 Å². The summed E-state index contributed by atoms with van der Waals surface area (Å²) in [5.74, 6) is 0. The van der Waals surface area contributed by atoms with Crippen LogP contribution >= 0.6 is 0 Å². The van der Waals surface area contributed by atoms with Crippen molar-refractivity contribution in [3.8, 4) is 22.5 Å². The van der Waals surface area contributed by atoms with Crippen molar-refractivity contribution in [3.63, 3.8) is 0 Å². The van der Waals surface area contributed by atoms with Gasteiger partial charge in [0.1, 0.15) is 11.2 Å². The van der Waals surface area contributed by atoms with E-state index in [1.165, 1.54) is 10.8 Å². The molecule has 0 amide bonds. The highest BCUT2D eigenvalue weighted by atomic mass is 16.3. The smallest absolute Gasteiger partial charge is 0.136 e. The van der Waals surface area contributed by atoms with Gasteiger partial charge in [-0.2, -0.15) is 0 Å². The summed E-state index contributed by atoms with van der Waals surface area (Å²) in [6.07, 6.45) is 0. The molecule has 2 aromatic heterocycles. The molecule has 0 radical (unpaired) electrons. The predicted molar refractivity (Wildman–Crippen MR) is 170 cm³/mol. The Labute approximate surface area is 235 Å². The Hall–Kier alpha value is -5.54. The Morgan fingerprint density at radius 3 is 1.68 bits per heavy atom. The lowest BCUT2D eigenvalue weighted by Crippen LogP contribution is -1.98. The van der Waals surface area contributed by atoms with E-state index in [0.717, 1.165) is 77.0 Å². The zero-order valence-electron chi connectivity index (χ0n) is 22.0. The maximum atomic E-state index is 6.22. The fourth-order valence-corrected chi connectivity index (χ4v) is 6.43. The molecule has 9 rings (SSSR count). The number of hydrogen-bond acceptors (Lipinski definition) is 3. The van der Waals surface area contributed by atoms with Crippen molar-refractivity contribution >= 4 is 65.3 Å². The van der Waals surface area contributed by atoms with Gasteiger partial charge in [0.25, 0.3) is 0 Å². The monoisotopic (exact) mass is 522 g/mol. The molecular formula is C38H22N2O. The van der Waals surface area contributed by atoms with Gasteiger partial charge < -0.3 is 4.42 Å². The molecule has 0 bridgehead atoms. The van der Waals surface area contributed by atoms with E-state index in [1.54, 1.807) is 0 Å². The van der Waals surface area contributed by atoms with Crippen LogP contribution in [0.15, 0.2) is 138 Å². The van der Waals surface area contributed by atoms with Gasteiger partial charge in [0.15, 0.2) is 0 Å². The molecule has 0 N–H and O–H groups in total. The van der Waals surface area contributed by atoms with Crippen LogP contribution in [0.25, 0.3) is 87.8 Å². The molecule has 0 aliphatic carbocycles. The molecule has 7 aromatic carbocycles. The lowest BCUT2D eigenvalue weighted by molar-refractivity contribution is 0.669. The molecule has 190 valence electrons. The molecular weight excluding hydrogens is 500 g/mol. The predicted octanol–water partition coefficient (Wildman–Crippen LogP) is 10.3. The normalized spacial score (nSPS) is 11.9. The van der Waals surface area contributed by atoms with Crippen molar-refractivity contribution in [3.05, 3.63) is 133 Å². The first-order chi connectivity index (χ1) is 20.3. The second-order valence-electron chi connectivity index (χ2n) is 10.5. The van der Waals surface area contributed by atoms with Gasteiger partial charge in [0.05, 0.1) is 22.4 Å². The van der Waals surface area contributed by atoms with E-state index in [2.05, 4.69) is 115 Å².